The summed E-state index contributed by atoms with van der Waals surface area (Å²) >= 11 is 1.11. The first-order valence-corrected chi connectivity index (χ1v) is 8.70. The zero-order chi connectivity index (χ0) is 17.6. The van der Waals surface area contributed by atoms with E-state index in [2.05, 4.69) is 15.5 Å². The molecule has 2 heterocycles. The summed E-state index contributed by atoms with van der Waals surface area (Å²) in [6.45, 7) is 1.25. The number of nitro groups is 1. The Kier molecular flexibility index (Phi) is 5.61. The van der Waals surface area contributed by atoms with Gasteiger partial charge in [0.15, 0.2) is 0 Å². The predicted molar refractivity (Wildman–Crippen MR) is 89.1 cm³/mol. The van der Waals surface area contributed by atoms with Crippen LogP contribution in [0.25, 0.3) is 11.5 Å². The van der Waals surface area contributed by atoms with E-state index in [1.54, 1.807) is 12.1 Å². The number of nitro benzene ring substituents is 1. The summed E-state index contributed by atoms with van der Waals surface area (Å²) < 4.78 is 10.9. The smallest absolute Gasteiger partial charge is 0.277 e. The SMILES string of the molecule is O=C(CSc1nnc(-c2cccc([N+](=O)[O-])c2)o1)NC[C@H]1CCCO1. The Morgan fingerprint density at radius 1 is 1.44 bits per heavy atom. The molecule has 0 aliphatic carbocycles. The third kappa shape index (κ3) is 4.77. The molecular weight excluding hydrogens is 348 g/mol. The van der Waals surface area contributed by atoms with E-state index in [0.717, 1.165) is 31.2 Å². The van der Waals surface area contributed by atoms with Gasteiger partial charge in [-0.2, -0.15) is 0 Å². The zero-order valence-corrected chi connectivity index (χ0v) is 14.0. The van der Waals surface area contributed by atoms with Crippen LogP contribution in [-0.2, 0) is 9.53 Å². The monoisotopic (exact) mass is 364 g/mol. The molecule has 25 heavy (non-hydrogen) atoms. The third-order valence-corrected chi connectivity index (χ3v) is 4.41. The van der Waals surface area contributed by atoms with Crippen LogP contribution in [0.3, 0.4) is 0 Å². The summed E-state index contributed by atoms with van der Waals surface area (Å²) in [5.74, 6) is 0.171. The number of amides is 1. The number of hydrogen-bond acceptors (Lipinski definition) is 8. The Balaban J connectivity index is 1.52. The molecule has 10 heteroatoms. The zero-order valence-electron chi connectivity index (χ0n) is 13.2. The molecule has 0 unspecified atom stereocenters. The fourth-order valence-corrected chi connectivity index (χ4v) is 2.94. The van der Waals surface area contributed by atoms with Crippen molar-refractivity contribution in [3.05, 3.63) is 34.4 Å². The summed E-state index contributed by atoms with van der Waals surface area (Å²) in [7, 11) is 0. The largest absolute Gasteiger partial charge is 0.411 e. The van der Waals surface area contributed by atoms with Crippen molar-refractivity contribution < 1.29 is 18.9 Å². The summed E-state index contributed by atoms with van der Waals surface area (Å²) in [5, 5.41) is 21.5. The highest BCUT2D eigenvalue weighted by atomic mass is 32.2. The fourth-order valence-electron chi connectivity index (χ4n) is 2.35. The van der Waals surface area contributed by atoms with Gasteiger partial charge in [0.05, 0.1) is 16.8 Å². The van der Waals surface area contributed by atoms with Crippen LogP contribution in [0, 0.1) is 10.1 Å². The Labute approximate surface area is 147 Å². The number of carbonyl (C=O) groups excluding carboxylic acids is 1. The number of nitrogens with one attached hydrogen (secondary N) is 1. The van der Waals surface area contributed by atoms with Crippen LogP contribution in [0.4, 0.5) is 5.69 Å². The van der Waals surface area contributed by atoms with Crippen molar-refractivity contribution in [3.8, 4) is 11.5 Å². The first-order valence-electron chi connectivity index (χ1n) is 7.71. The molecule has 9 nitrogen and oxygen atoms in total. The Bertz CT molecular complexity index is 760. The van der Waals surface area contributed by atoms with E-state index in [9.17, 15) is 14.9 Å². The molecule has 0 radical (unpaired) electrons. The van der Waals surface area contributed by atoms with Gasteiger partial charge in [0.2, 0.25) is 11.8 Å². The molecule has 1 aromatic heterocycles. The fraction of sp³-hybridized carbons (Fsp3) is 0.400. The summed E-state index contributed by atoms with van der Waals surface area (Å²) in [4.78, 5) is 22.1. The highest BCUT2D eigenvalue weighted by Crippen LogP contribution is 2.25. The average molecular weight is 364 g/mol. The van der Waals surface area contributed by atoms with Gasteiger partial charge in [-0.15, -0.1) is 10.2 Å². The Morgan fingerprint density at radius 3 is 3.08 bits per heavy atom. The standard InChI is InChI=1S/C15H16N4O5S/c20-13(16-8-12-5-2-6-23-12)9-25-15-18-17-14(24-15)10-3-1-4-11(7-10)19(21)22/h1,3-4,7,12H,2,5-6,8-9H2,(H,16,20)/t12-/m1/s1. The van der Waals surface area contributed by atoms with Gasteiger partial charge in [0.25, 0.3) is 10.9 Å². The molecule has 1 N–H and O–H groups in total. The molecule has 1 fully saturated rings. The molecule has 132 valence electrons. The highest BCUT2D eigenvalue weighted by Gasteiger charge is 2.17. The van der Waals surface area contributed by atoms with E-state index >= 15 is 0 Å². The lowest BCUT2D eigenvalue weighted by Crippen LogP contribution is -2.32. The number of carbonyl (C=O) groups is 1. The average Bonchev–Trinajstić information content (AvgIpc) is 3.30. The molecular formula is C15H16N4O5S. The molecule has 2 aromatic rings. The number of non-ortho nitro benzene ring substituents is 1. The van der Waals surface area contributed by atoms with Crippen molar-refractivity contribution in [3.63, 3.8) is 0 Å². The predicted octanol–water partition coefficient (Wildman–Crippen LogP) is 2.03. The third-order valence-electron chi connectivity index (χ3n) is 3.59. The first kappa shape index (κ1) is 17.4. The van der Waals surface area contributed by atoms with Crippen LogP contribution in [0.2, 0.25) is 0 Å². The topological polar surface area (TPSA) is 120 Å². The van der Waals surface area contributed by atoms with Crippen LogP contribution in [-0.4, -0.2) is 46.0 Å². The van der Waals surface area contributed by atoms with Gasteiger partial charge in [-0.1, -0.05) is 17.8 Å². The number of benzene rings is 1. The molecule has 0 spiro atoms. The van der Waals surface area contributed by atoms with E-state index in [1.807, 2.05) is 0 Å². The number of thioether (sulfide) groups is 1. The van der Waals surface area contributed by atoms with Crippen LogP contribution in [0.15, 0.2) is 33.9 Å². The van der Waals surface area contributed by atoms with E-state index in [0.29, 0.717) is 12.1 Å². The lowest BCUT2D eigenvalue weighted by atomic mass is 10.2. The van der Waals surface area contributed by atoms with E-state index in [4.69, 9.17) is 9.15 Å². The number of aromatic nitrogens is 2. The Morgan fingerprint density at radius 2 is 2.32 bits per heavy atom. The van der Waals surface area contributed by atoms with Crippen molar-refractivity contribution in [1.82, 2.24) is 15.5 Å². The van der Waals surface area contributed by atoms with Crippen LogP contribution in [0.5, 0.6) is 0 Å². The van der Waals surface area contributed by atoms with Gasteiger partial charge in [0, 0.05) is 30.8 Å². The minimum atomic E-state index is -0.492. The highest BCUT2D eigenvalue weighted by molar-refractivity contribution is 7.99. The Hall–Kier alpha value is -2.46. The number of rotatable bonds is 7. The first-order chi connectivity index (χ1) is 12.1. The summed E-state index contributed by atoms with van der Waals surface area (Å²) in [6, 6.07) is 5.93. The number of nitrogens with zero attached hydrogens (tertiary/aromatic N) is 3. The molecule has 1 aromatic carbocycles. The quantitative estimate of drug-likeness (QED) is 0.450. The van der Waals surface area contributed by atoms with Crippen molar-refractivity contribution >= 4 is 23.4 Å². The van der Waals surface area contributed by atoms with Crippen molar-refractivity contribution in [1.29, 1.82) is 0 Å². The maximum Gasteiger partial charge on any atom is 0.277 e. The minimum Gasteiger partial charge on any atom is -0.411 e. The van der Waals surface area contributed by atoms with Crippen molar-refractivity contribution in [2.24, 2.45) is 0 Å². The maximum atomic E-state index is 11.8. The van der Waals surface area contributed by atoms with E-state index < -0.39 is 4.92 Å². The molecule has 3 rings (SSSR count). The van der Waals surface area contributed by atoms with Gasteiger partial charge >= 0.3 is 0 Å². The molecule has 1 atom stereocenters. The van der Waals surface area contributed by atoms with E-state index in [1.165, 1.54) is 12.1 Å². The second-order valence-electron chi connectivity index (χ2n) is 5.41. The summed E-state index contributed by atoms with van der Waals surface area (Å²) in [5.41, 5.74) is 0.398. The maximum absolute atomic E-state index is 11.8. The van der Waals surface area contributed by atoms with Crippen LogP contribution >= 0.6 is 11.8 Å². The second-order valence-corrected chi connectivity index (χ2v) is 6.33. The minimum absolute atomic E-state index is 0.0570. The normalized spacial score (nSPS) is 16.7. The lowest BCUT2D eigenvalue weighted by molar-refractivity contribution is -0.384. The number of ether oxygens (including phenoxy) is 1. The molecule has 1 amide bonds. The molecule has 1 aliphatic rings. The molecule has 1 aliphatic heterocycles. The van der Waals surface area contributed by atoms with Gasteiger partial charge in [-0.3, -0.25) is 14.9 Å². The van der Waals surface area contributed by atoms with Crippen molar-refractivity contribution in [2.75, 3.05) is 18.9 Å². The van der Waals surface area contributed by atoms with Crippen LogP contribution in [0.1, 0.15) is 12.8 Å². The van der Waals surface area contributed by atoms with Gasteiger partial charge < -0.3 is 14.5 Å². The van der Waals surface area contributed by atoms with Crippen molar-refractivity contribution in [2.45, 2.75) is 24.2 Å². The summed E-state index contributed by atoms with van der Waals surface area (Å²) in [6.07, 6.45) is 2.08. The second kappa shape index (κ2) is 8.08. The van der Waals surface area contributed by atoms with Gasteiger partial charge in [-0.05, 0) is 18.9 Å². The molecule has 0 saturated carbocycles. The van der Waals surface area contributed by atoms with Gasteiger partial charge in [0.1, 0.15) is 0 Å². The number of hydrogen-bond donors (Lipinski definition) is 1. The van der Waals surface area contributed by atoms with E-state index in [-0.39, 0.29) is 34.6 Å². The van der Waals surface area contributed by atoms with Crippen LogP contribution < -0.4 is 5.32 Å². The lowest BCUT2D eigenvalue weighted by Gasteiger charge is -2.09. The molecule has 0 bridgehead atoms. The van der Waals surface area contributed by atoms with Gasteiger partial charge in [-0.25, -0.2) is 0 Å². The molecule has 1 saturated heterocycles.